The fourth-order valence-electron chi connectivity index (χ4n) is 5.57. The fourth-order valence-corrected chi connectivity index (χ4v) is 5.57. The number of hydrogen-bond donors (Lipinski definition) is 1. The molecule has 1 saturated carbocycles. The van der Waals surface area contributed by atoms with Crippen molar-refractivity contribution in [3.8, 4) is 0 Å². The number of hydrogen-bond acceptors (Lipinski definition) is 1. The van der Waals surface area contributed by atoms with E-state index in [1.807, 2.05) is 6.92 Å². The van der Waals surface area contributed by atoms with Crippen LogP contribution < -0.4 is 0 Å². The lowest BCUT2D eigenvalue weighted by Gasteiger charge is -2.55. The van der Waals surface area contributed by atoms with Crippen LogP contribution in [0.4, 0.5) is 0 Å². The molecule has 2 nitrogen and oxygen atoms in total. The second-order valence-corrected chi connectivity index (χ2v) is 8.46. The molecule has 0 heterocycles. The molecule has 0 aliphatic heterocycles. The Morgan fingerprint density at radius 1 is 1.23 bits per heavy atom. The number of fused-ring (bicyclic) bond motifs is 2. The molecular weight excluding hydrogens is 272 g/mol. The van der Waals surface area contributed by atoms with Gasteiger partial charge in [0.05, 0.1) is 5.41 Å². The summed E-state index contributed by atoms with van der Waals surface area (Å²) in [4.78, 5) is 11.9. The Kier molecular flexibility index (Phi) is 3.78. The summed E-state index contributed by atoms with van der Waals surface area (Å²) in [5, 5.41) is 9.83. The molecule has 0 amide bonds. The van der Waals surface area contributed by atoms with E-state index in [0.29, 0.717) is 11.8 Å². The van der Waals surface area contributed by atoms with Gasteiger partial charge in [0, 0.05) is 0 Å². The predicted molar refractivity (Wildman–Crippen MR) is 89.6 cm³/mol. The Balaban J connectivity index is 2.03. The molecule has 3 atom stereocenters. The normalized spacial score (nSPS) is 38.4. The van der Waals surface area contributed by atoms with E-state index in [1.54, 1.807) is 16.7 Å². The number of allylic oxidation sites excluding steroid dienone is 4. The highest BCUT2D eigenvalue weighted by atomic mass is 16.4. The second-order valence-electron chi connectivity index (χ2n) is 8.46. The van der Waals surface area contributed by atoms with Gasteiger partial charge < -0.3 is 5.11 Å². The molecule has 122 valence electrons. The van der Waals surface area contributed by atoms with E-state index in [0.717, 1.165) is 32.1 Å². The summed E-state index contributed by atoms with van der Waals surface area (Å²) in [5.41, 5.74) is 4.30. The molecule has 3 aliphatic carbocycles. The van der Waals surface area contributed by atoms with Crippen molar-refractivity contribution >= 4 is 5.97 Å². The van der Waals surface area contributed by atoms with Gasteiger partial charge in [0.2, 0.25) is 0 Å². The minimum Gasteiger partial charge on any atom is -0.481 e. The van der Waals surface area contributed by atoms with Crippen LogP contribution in [0.1, 0.15) is 72.6 Å². The van der Waals surface area contributed by atoms with Crippen LogP contribution >= 0.6 is 0 Å². The maximum atomic E-state index is 11.9. The summed E-state index contributed by atoms with van der Waals surface area (Å²) >= 11 is 0. The van der Waals surface area contributed by atoms with E-state index >= 15 is 0 Å². The number of carboxylic acid groups (broad SMARTS) is 1. The summed E-state index contributed by atoms with van der Waals surface area (Å²) in [6.07, 6.45) is 9.97. The molecule has 0 spiro atoms. The Labute approximate surface area is 134 Å². The SMILES string of the molecule is CC(C)C1=CC2=C(CC1)[C@]1(C)CCC[C@@](C)(C(=O)O)[C@@H]1CC2. The van der Waals surface area contributed by atoms with E-state index in [-0.39, 0.29) is 5.41 Å². The van der Waals surface area contributed by atoms with Gasteiger partial charge in [0.1, 0.15) is 0 Å². The molecule has 0 aromatic carbocycles. The van der Waals surface area contributed by atoms with Crippen LogP contribution in [-0.4, -0.2) is 11.1 Å². The van der Waals surface area contributed by atoms with Gasteiger partial charge in [-0.3, -0.25) is 4.79 Å². The maximum absolute atomic E-state index is 11.9. The van der Waals surface area contributed by atoms with E-state index in [4.69, 9.17) is 0 Å². The summed E-state index contributed by atoms with van der Waals surface area (Å²) in [7, 11) is 0. The first-order valence-electron chi connectivity index (χ1n) is 8.95. The molecule has 0 unspecified atom stereocenters. The minimum atomic E-state index is -0.582. The molecule has 0 saturated heterocycles. The third-order valence-electron chi connectivity index (χ3n) is 6.96. The summed E-state index contributed by atoms with van der Waals surface area (Å²) in [5.74, 6) is 0.357. The largest absolute Gasteiger partial charge is 0.481 e. The van der Waals surface area contributed by atoms with Crippen LogP contribution in [0, 0.1) is 22.7 Å². The van der Waals surface area contributed by atoms with E-state index < -0.39 is 11.4 Å². The lowest BCUT2D eigenvalue weighted by Crippen LogP contribution is -2.50. The highest BCUT2D eigenvalue weighted by Gasteiger charge is 2.55. The Bertz CT molecular complexity index is 554. The van der Waals surface area contributed by atoms with E-state index in [1.165, 1.54) is 12.8 Å². The van der Waals surface area contributed by atoms with Gasteiger partial charge in [-0.25, -0.2) is 0 Å². The Morgan fingerprint density at radius 3 is 2.59 bits per heavy atom. The summed E-state index contributed by atoms with van der Waals surface area (Å²) in [6.45, 7) is 8.93. The molecule has 0 aromatic rings. The lowest BCUT2D eigenvalue weighted by atomic mass is 9.48. The maximum Gasteiger partial charge on any atom is 0.309 e. The standard InChI is InChI=1S/C20H30O2/c1-13(2)14-6-8-16-15(12-14)7-9-17-19(16,3)10-5-11-20(17,4)18(21)22/h12-13,17H,5-11H2,1-4H3,(H,21,22)/t17-,19+,20-/m1/s1. The first-order chi connectivity index (χ1) is 10.3. The zero-order valence-electron chi connectivity index (χ0n) is 14.5. The van der Waals surface area contributed by atoms with Gasteiger partial charge in [0.15, 0.2) is 0 Å². The van der Waals surface area contributed by atoms with Crippen molar-refractivity contribution in [1.29, 1.82) is 0 Å². The highest BCUT2D eigenvalue weighted by molar-refractivity contribution is 5.75. The van der Waals surface area contributed by atoms with Gasteiger partial charge in [-0.15, -0.1) is 0 Å². The van der Waals surface area contributed by atoms with Crippen molar-refractivity contribution in [2.24, 2.45) is 22.7 Å². The molecule has 0 aromatic heterocycles. The van der Waals surface area contributed by atoms with Crippen molar-refractivity contribution in [3.63, 3.8) is 0 Å². The number of rotatable bonds is 2. The quantitative estimate of drug-likeness (QED) is 0.746. The van der Waals surface area contributed by atoms with Gasteiger partial charge in [-0.05, 0) is 68.3 Å². The smallest absolute Gasteiger partial charge is 0.309 e. The Morgan fingerprint density at radius 2 is 1.95 bits per heavy atom. The summed E-state index contributed by atoms with van der Waals surface area (Å²) in [6, 6.07) is 0. The average Bonchev–Trinajstić information content (AvgIpc) is 2.46. The molecule has 0 bridgehead atoms. The predicted octanol–water partition coefficient (Wildman–Crippen LogP) is 5.35. The number of aliphatic carboxylic acids is 1. The first kappa shape index (κ1) is 15.8. The third-order valence-corrected chi connectivity index (χ3v) is 6.96. The molecule has 2 heteroatoms. The van der Waals surface area contributed by atoms with Gasteiger partial charge in [-0.1, -0.05) is 44.4 Å². The zero-order chi connectivity index (χ0) is 16.1. The van der Waals surface area contributed by atoms with E-state index in [2.05, 4.69) is 26.8 Å². The molecule has 22 heavy (non-hydrogen) atoms. The number of carboxylic acids is 1. The van der Waals surface area contributed by atoms with Crippen LogP contribution in [0.3, 0.4) is 0 Å². The minimum absolute atomic E-state index is 0.109. The second kappa shape index (κ2) is 5.25. The van der Waals surface area contributed by atoms with Crippen LogP contribution in [0.15, 0.2) is 22.8 Å². The average molecular weight is 302 g/mol. The summed E-state index contributed by atoms with van der Waals surface area (Å²) < 4.78 is 0. The van der Waals surface area contributed by atoms with Crippen molar-refractivity contribution in [2.75, 3.05) is 0 Å². The molecule has 0 radical (unpaired) electrons. The van der Waals surface area contributed by atoms with Crippen LogP contribution in [0.25, 0.3) is 0 Å². The molecular formula is C20H30O2. The first-order valence-corrected chi connectivity index (χ1v) is 8.95. The van der Waals surface area contributed by atoms with Gasteiger partial charge >= 0.3 is 5.97 Å². The third kappa shape index (κ3) is 2.18. The zero-order valence-corrected chi connectivity index (χ0v) is 14.5. The van der Waals surface area contributed by atoms with Gasteiger partial charge in [0.25, 0.3) is 0 Å². The topological polar surface area (TPSA) is 37.3 Å². The van der Waals surface area contributed by atoms with Crippen LogP contribution in [0.2, 0.25) is 0 Å². The molecule has 1 fully saturated rings. The van der Waals surface area contributed by atoms with Gasteiger partial charge in [-0.2, -0.15) is 0 Å². The van der Waals surface area contributed by atoms with Crippen molar-refractivity contribution in [2.45, 2.75) is 72.6 Å². The fraction of sp³-hybridized carbons (Fsp3) is 0.750. The molecule has 3 rings (SSSR count). The van der Waals surface area contributed by atoms with Crippen LogP contribution in [-0.2, 0) is 4.79 Å². The highest BCUT2D eigenvalue weighted by Crippen LogP contribution is 2.61. The van der Waals surface area contributed by atoms with Crippen molar-refractivity contribution < 1.29 is 9.90 Å². The molecule has 3 aliphatic rings. The van der Waals surface area contributed by atoms with E-state index in [9.17, 15) is 9.90 Å². The van der Waals surface area contributed by atoms with Crippen molar-refractivity contribution in [1.82, 2.24) is 0 Å². The monoisotopic (exact) mass is 302 g/mol. The molecule has 1 N–H and O–H groups in total. The lowest BCUT2D eigenvalue weighted by molar-refractivity contribution is -0.159. The van der Waals surface area contributed by atoms with Crippen LogP contribution in [0.5, 0.6) is 0 Å². The Hall–Kier alpha value is -1.05. The number of carbonyl (C=O) groups is 1. The van der Waals surface area contributed by atoms with Crippen molar-refractivity contribution in [3.05, 3.63) is 22.8 Å².